The lowest BCUT2D eigenvalue weighted by molar-refractivity contribution is -0.117. The van der Waals surface area contributed by atoms with Crippen molar-refractivity contribution in [3.63, 3.8) is 0 Å². The van der Waals surface area contributed by atoms with Crippen LogP contribution in [0.5, 0.6) is 0 Å². The van der Waals surface area contributed by atoms with Crippen molar-refractivity contribution in [2.75, 3.05) is 5.01 Å². The molecule has 24 heavy (non-hydrogen) atoms. The number of anilines is 1. The normalized spacial score (nSPS) is 16.2. The molecule has 0 bridgehead atoms. The van der Waals surface area contributed by atoms with Gasteiger partial charge >= 0.3 is 0 Å². The molecule has 1 saturated heterocycles. The van der Waals surface area contributed by atoms with Gasteiger partial charge < -0.3 is 0 Å². The highest BCUT2D eigenvalue weighted by atomic mass is 19.1. The van der Waals surface area contributed by atoms with Gasteiger partial charge in [0.25, 0.3) is 11.8 Å². The van der Waals surface area contributed by atoms with Gasteiger partial charge in [-0.2, -0.15) is 0 Å². The summed E-state index contributed by atoms with van der Waals surface area (Å²) in [5, 5.41) is 1.12. The van der Waals surface area contributed by atoms with Crippen molar-refractivity contribution < 1.29 is 14.0 Å². The zero-order chi connectivity index (χ0) is 17.3. The first-order valence-electron chi connectivity index (χ1n) is 7.68. The quantitative estimate of drug-likeness (QED) is 0.695. The van der Waals surface area contributed by atoms with E-state index in [0.29, 0.717) is 11.6 Å². The molecule has 1 N–H and O–H groups in total. The van der Waals surface area contributed by atoms with Crippen LogP contribution in [-0.4, -0.2) is 11.8 Å². The fraction of sp³-hybridized carbons (Fsp3) is 0.158. The first-order valence-corrected chi connectivity index (χ1v) is 7.68. The molecule has 4 nitrogen and oxygen atoms in total. The third-order valence-electron chi connectivity index (χ3n) is 3.89. The third-order valence-corrected chi connectivity index (χ3v) is 3.89. The maximum Gasteiger partial charge on any atom is 0.282 e. The topological polar surface area (TPSA) is 49.4 Å². The number of nitrogens with one attached hydrogen (secondary N) is 1. The minimum atomic E-state index is -0.475. The van der Waals surface area contributed by atoms with Crippen LogP contribution in [0.25, 0.3) is 6.08 Å². The number of hydrazine groups is 1. The summed E-state index contributed by atoms with van der Waals surface area (Å²) < 4.78 is 13.0. The largest absolute Gasteiger partial charge is 0.282 e. The highest BCUT2D eigenvalue weighted by molar-refractivity contribution is 6.31. The second-order valence-corrected chi connectivity index (χ2v) is 5.94. The molecule has 0 radical (unpaired) electrons. The predicted octanol–water partition coefficient (Wildman–Crippen LogP) is 3.41. The second-order valence-electron chi connectivity index (χ2n) is 5.94. The maximum absolute atomic E-state index is 13.0. The zero-order valence-corrected chi connectivity index (χ0v) is 13.4. The second kappa shape index (κ2) is 6.28. The number of benzene rings is 2. The van der Waals surface area contributed by atoms with E-state index in [1.54, 1.807) is 6.08 Å². The number of hydrogen-bond donors (Lipinski definition) is 1. The van der Waals surface area contributed by atoms with Crippen LogP contribution in [0.15, 0.2) is 54.1 Å². The molecule has 2 aromatic carbocycles. The fourth-order valence-corrected chi connectivity index (χ4v) is 2.47. The lowest BCUT2D eigenvalue weighted by Crippen LogP contribution is -2.35. The summed E-state index contributed by atoms with van der Waals surface area (Å²) in [6.07, 6.45) is 1.56. The van der Waals surface area contributed by atoms with Crippen LogP contribution in [0.1, 0.15) is 30.9 Å². The number of nitrogens with zero attached hydrogens (tertiary/aromatic N) is 1. The Morgan fingerprint density at radius 2 is 1.62 bits per heavy atom. The van der Waals surface area contributed by atoms with Crippen molar-refractivity contribution >= 4 is 23.6 Å². The van der Waals surface area contributed by atoms with Crippen LogP contribution in [0.2, 0.25) is 0 Å². The summed E-state index contributed by atoms with van der Waals surface area (Å²) in [6.45, 7) is 4.20. The van der Waals surface area contributed by atoms with Gasteiger partial charge in [0, 0.05) is 0 Å². The highest BCUT2D eigenvalue weighted by Gasteiger charge is 2.34. The summed E-state index contributed by atoms with van der Waals surface area (Å²) >= 11 is 0. The summed E-state index contributed by atoms with van der Waals surface area (Å²) in [5.74, 6) is -0.924. The number of carbonyl (C=O) groups is 2. The number of hydrogen-bond acceptors (Lipinski definition) is 2. The van der Waals surface area contributed by atoms with E-state index in [4.69, 9.17) is 0 Å². The molecule has 3 rings (SSSR count). The molecule has 0 aromatic heterocycles. The minimum Gasteiger partial charge on any atom is -0.267 e. The smallest absolute Gasteiger partial charge is 0.267 e. The third kappa shape index (κ3) is 3.06. The van der Waals surface area contributed by atoms with Gasteiger partial charge in [-0.25, -0.2) is 9.40 Å². The van der Waals surface area contributed by atoms with E-state index in [0.717, 1.165) is 10.6 Å². The first kappa shape index (κ1) is 15.9. The Balaban J connectivity index is 1.87. The Bertz CT molecular complexity index is 808. The molecule has 0 spiro atoms. The molecule has 0 aliphatic carbocycles. The van der Waals surface area contributed by atoms with Crippen LogP contribution >= 0.6 is 0 Å². The molecule has 2 aromatic rings. The standard InChI is InChI=1S/C19H17FN2O2/c1-12(2)14-5-3-13(4-6-14)11-17-18(23)21-22(19(17)24)16-9-7-15(20)8-10-16/h3-12H,1-2H3,(H,21,23)/b17-11+. The van der Waals surface area contributed by atoms with E-state index in [2.05, 4.69) is 19.3 Å². The van der Waals surface area contributed by atoms with Crippen molar-refractivity contribution in [2.24, 2.45) is 0 Å². The van der Waals surface area contributed by atoms with Gasteiger partial charge in [-0.1, -0.05) is 38.1 Å². The van der Waals surface area contributed by atoms with Crippen LogP contribution in [0.3, 0.4) is 0 Å². The molecule has 1 fully saturated rings. The zero-order valence-electron chi connectivity index (χ0n) is 13.4. The molecule has 0 atom stereocenters. The van der Waals surface area contributed by atoms with Crippen molar-refractivity contribution in [1.29, 1.82) is 0 Å². The monoisotopic (exact) mass is 324 g/mol. The van der Waals surface area contributed by atoms with Crippen LogP contribution in [-0.2, 0) is 9.59 Å². The Hall–Kier alpha value is -2.95. The molecule has 0 unspecified atom stereocenters. The van der Waals surface area contributed by atoms with Gasteiger partial charge in [-0.3, -0.25) is 15.0 Å². The van der Waals surface area contributed by atoms with E-state index >= 15 is 0 Å². The van der Waals surface area contributed by atoms with Gasteiger partial charge in [0.1, 0.15) is 11.4 Å². The van der Waals surface area contributed by atoms with Gasteiger partial charge in [0.05, 0.1) is 5.69 Å². The van der Waals surface area contributed by atoms with Crippen molar-refractivity contribution in [3.05, 3.63) is 71.0 Å². The van der Waals surface area contributed by atoms with Crippen LogP contribution in [0, 0.1) is 5.82 Å². The number of halogens is 1. The summed E-state index contributed by atoms with van der Waals surface area (Å²) in [5.41, 5.74) is 4.92. The molecule has 0 saturated carbocycles. The van der Waals surface area contributed by atoms with E-state index in [1.165, 1.54) is 29.8 Å². The average molecular weight is 324 g/mol. The molecular weight excluding hydrogens is 307 g/mol. The van der Waals surface area contributed by atoms with E-state index in [1.807, 2.05) is 24.3 Å². The van der Waals surface area contributed by atoms with Gasteiger partial charge in [-0.05, 0) is 47.4 Å². The van der Waals surface area contributed by atoms with Crippen molar-refractivity contribution in [3.8, 4) is 0 Å². The molecule has 5 heteroatoms. The molecule has 122 valence electrons. The number of rotatable bonds is 3. The van der Waals surface area contributed by atoms with E-state index in [9.17, 15) is 14.0 Å². The van der Waals surface area contributed by atoms with Gasteiger partial charge in [-0.15, -0.1) is 0 Å². The average Bonchev–Trinajstić information content (AvgIpc) is 2.84. The maximum atomic E-state index is 13.0. The lowest BCUT2D eigenvalue weighted by Gasteiger charge is -2.14. The molecule has 1 aliphatic rings. The predicted molar refractivity (Wildman–Crippen MR) is 90.5 cm³/mol. The molecular formula is C19H17FN2O2. The number of carbonyl (C=O) groups excluding carboxylic acids is 2. The van der Waals surface area contributed by atoms with Crippen LogP contribution in [0.4, 0.5) is 10.1 Å². The Labute approximate surface area is 139 Å². The Morgan fingerprint density at radius 3 is 2.21 bits per heavy atom. The van der Waals surface area contributed by atoms with Gasteiger partial charge in [0.2, 0.25) is 0 Å². The fourth-order valence-electron chi connectivity index (χ4n) is 2.47. The molecule has 1 heterocycles. The Kier molecular flexibility index (Phi) is 4.16. The van der Waals surface area contributed by atoms with Crippen LogP contribution < -0.4 is 10.4 Å². The Morgan fingerprint density at radius 1 is 1.00 bits per heavy atom. The molecule has 2 amide bonds. The summed E-state index contributed by atoms with van der Waals surface area (Å²) in [7, 11) is 0. The van der Waals surface area contributed by atoms with Crippen molar-refractivity contribution in [2.45, 2.75) is 19.8 Å². The van der Waals surface area contributed by atoms with Gasteiger partial charge in [0.15, 0.2) is 0 Å². The van der Waals surface area contributed by atoms with E-state index < -0.39 is 17.6 Å². The highest BCUT2D eigenvalue weighted by Crippen LogP contribution is 2.22. The first-order chi connectivity index (χ1) is 11.5. The lowest BCUT2D eigenvalue weighted by atomic mass is 10.0. The van der Waals surface area contributed by atoms with E-state index in [-0.39, 0.29) is 5.57 Å². The number of amides is 2. The molecule has 1 aliphatic heterocycles. The summed E-state index contributed by atoms with van der Waals surface area (Å²) in [6, 6.07) is 13.1. The summed E-state index contributed by atoms with van der Waals surface area (Å²) in [4.78, 5) is 24.6. The van der Waals surface area contributed by atoms with Crippen molar-refractivity contribution in [1.82, 2.24) is 5.43 Å². The minimum absolute atomic E-state index is 0.0524. The SMILES string of the molecule is CC(C)c1ccc(/C=C2\C(=O)NN(c3ccc(F)cc3)C2=O)cc1.